The van der Waals surface area contributed by atoms with Crippen LogP contribution in [0.3, 0.4) is 0 Å². The van der Waals surface area contributed by atoms with Crippen LogP contribution in [0, 0.1) is 6.92 Å². The smallest absolute Gasteiger partial charge is 0.164 e. The topological polar surface area (TPSA) is 56.0 Å². The Kier molecular flexibility index (Phi) is 7.99. The van der Waals surface area contributed by atoms with Gasteiger partial charge in [-0.3, -0.25) is 4.40 Å². The molecule has 0 atom stereocenters. The highest BCUT2D eigenvalue weighted by Gasteiger charge is 2.18. The minimum atomic E-state index is 0.629. The van der Waals surface area contributed by atoms with E-state index in [1.165, 1.54) is 5.56 Å². The number of fused-ring (bicyclic) bond motifs is 1. The van der Waals surface area contributed by atoms with Gasteiger partial charge in [0.25, 0.3) is 0 Å². The Morgan fingerprint density at radius 1 is 0.346 bits per heavy atom. The third-order valence-corrected chi connectivity index (χ3v) is 9.30. The molecule has 0 radical (unpaired) electrons. The van der Waals surface area contributed by atoms with Gasteiger partial charge in [-0.25, -0.2) is 19.9 Å². The van der Waals surface area contributed by atoms with Gasteiger partial charge in [-0.15, -0.1) is 0 Å². The van der Waals surface area contributed by atoms with E-state index in [1.54, 1.807) is 0 Å². The molecule has 6 aromatic carbocycles. The van der Waals surface area contributed by atoms with E-state index in [1.807, 2.05) is 54.6 Å². The fourth-order valence-electron chi connectivity index (χ4n) is 6.79. The second-order valence-electron chi connectivity index (χ2n) is 12.9. The number of aromatic nitrogens is 5. The summed E-state index contributed by atoms with van der Waals surface area (Å²) in [7, 11) is 0. The quantitative estimate of drug-likeness (QED) is 0.170. The molecule has 246 valence electrons. The van der Waals surface area contributed by atoms with Crippen LogP contribution < -0.4 is 0 Å². The second-order valence-corrected chi connectivity index (χ2v) is 12.9. The normalized spacial score (nSPS) is 11.2. The minimum Gasteiger partial charge on any atom is -0.299 e. The summed E-state index contributed by atoms with van der Waals surface area (Å²) < 4.78 is 2.17. The van der Waals surface area contributed by atoms with E-state index in [-0.39, 0.29) is 0 Å². The Labute approximate surface area is 302 Å². The van der Waals surface area contributed by atoms with Crippen LogP contribution in [0.4, 0.5) is 0 Å². The van der Waals surface area contributed by atoms with Crippen LogP contribution in [0.25, 0.3) is 84.6 Å². The van der Waals surface area contributed by atoms with Gasteiger partial charge in [0, 0.05) is 34.0 Å². The number of imidazole rings is 1. The summed E-state index contributed by atoms with van der Waals surface area (Å²) in [6.45, 7) is 2.12. The zero-order chi connectivity index (χ0) is 34.9. The van der Waals surface area contributed by atoms with Crippen LogP contribution >= 0.6 is 0 Å². The summed E-state index contributed by atoms with van der Waals surface area (Å²) in [4.78, 5) is 20.2. The van der Waals surface area contributed by atoms with Gasteiger partial charge in [-0.05, 0) is 65.1 Å². The maximum atomic E-state index is 5.11. The zero-order valence-corrected chi connectivity index (χ0v) is 28.6. The molecule has 0 saturated carbocycles. The van der Waals surface area contributed by atoms with Crippen molar-refractivity contribution in [3.63, 3.8) is 0 Å². The SMILES string of the molecule is Cc1cc(-c2cccc(-c3nc4ccccn4c3-c3ccccc3)c2)cc(-c2nc(-c3ccccc3)nc(-c3ccc(-c4ccccc4)cc3)n2)c1. The largest absolute Gasteiger partial charge is 0.299 e. The molecule has 3 aromatic heterocycles. The fourth-order valence-corrected chi connectivity index (χ4v) is 6.79. The molecule has 0 aliphatic heterocycles. The average molecular weight is 668 g/mol. The van der Waals surface area contributed by atoms with E-state index >= 15 is 0 Å². The van der Waals surface area contributed by atoms with Crippen molar-refractivity contribution in [3.8, 4) is 78.9 Å². The number of pyridine rings is 1. The van der Waals surface area contributed by atoms with E-state index in [2.05, 4.69) is 139 Å². The standard InChI is InChI=1S/C47H33N5/c1-32-28-40(38-20-13-21-39(30-38)43-44(35-16-7-3-8-17-35)52-27-12-11-22-42(52)48-43)31-41(29-32)47-50-45(36-18-9-4-10-19-36)49-46(51-47)37-25-23-34(24-26-37)33-14-5-2-6-15-33/h2-31H,1H3. The van der Waals surface area contributed by atoms with Crippen molar-refractivity contribution in [2.45, 2.75) is 6.92 Å². The lowest BCUT2D eigenvalue weighted by Crippen LogP contribution is -2.00. The van der Waals surface area contributed by atoms with E-state index in [4.69, 9.17) is 19.9 Å². The molecule has 0 saturated heterocycles. The highest BCUT2D eigenvalue weighted by molar-refractivity contribution is 5.85. The maximum absolute atomic E-state index is 5.11. The molecule has 0 aliphatic rings. The van der Waals surface area contributed by atoms with E-state index < -0.39 is 0 Å². The van der Waals surface area contributed by atoms with Crippen molar-refractivity contribution in [1.82, 2.24) is 24.3 Å². The molecule has 5 nitrogen and oxygen atoms in total. The number of benzene rings is 6. The summed E-state index contributed by atoms with van der Waals surface area (Å²) in [5.74, 6) is 1.90. The zero-order valence-electron chi connectivity index (χ0n) is 28.6. The van der Waals surface area contributed by atoms with Crippen LogP contribution in [-0.2, 0) is 0 Å². The minimum absolute atomic E-state index is 0.629. The molecule has 0 N–H and O–H groups in total. The van der Waals surface area contributed by atoms with Crippen molar-refractivity contribution >= 4 is 5.65 Å². The van der Waals surface area contributed by atoms with E-state index in [0.717, 1.165) is 67.1 Å². The molecule has 0 aliphatic carbocycles. The van der Waals surface area contributed by atoms with Gasteiger partial charge in [0.15, 0.2) is 17.5 Å². The summed E-state index contributed by atoms with van der Waals surface area (Å²) in [6, 6.07) is 60.7. The average Bonchev–Trinajstić information content (AvgIpc) is 3.61. The van der Waals surface area contributed by atoms with Crippen molar-refractivity contribution < 1.29 is 0 Å². The molecule has 3 heterocycles. The molecule has 0 unspecified atom stereocenters. The molecule has 0 fully saturated rings. The Hall–Kier alpha value is -6.98. The second kappa shape index (κ2) is 13.4. The molecule has 9 rings (SSSR count). The summed E-state index contributed by atoms with van der Waals surface area (Å²) in [5.41, 5.74) is 13.5. The lowest BCUT2D eigenvalue weighted by Gasteiger charge is -2.12. The van der Waals surface area contributed by atoms with Gasteiger partial charge >= 0.3 is 0 Å². The number of rotatable bonds is 7. The predicted molar refractivity (Wildman–Crippen MR) is 211 cm³/mol. The van der Waals surface area contributed by atoms with Crippen LogP contribution in [0.5, 0.6) is 0 Å². The van der Waals surface area contributed by atoms with Crippen molar-refractivity contribution in [2.24, 2.45) is 0 Å². The summed E-state index contributed by atoms with van der Waals surface area (Å²) >= 11 is 0. The predicted octanol–water partition coefficient (Wildman–Crippen LogP) is 11.5. The first kappa shape index (κ1) is 31.0. The highest BCUT2D eigenvalue weighted by Crippen LogP contribution is 2.36. The first-order chi connectivity index (χ1) is 25.7. The lowest BCUT2D eigenvalue weighted by atomic mass is 9.96. The van der Waals surface area contributed by atoms with Gasteiger partial charge in [-0.2, -0.15) is 0 Å². The molecular weight excluding hydrogens is 635 g/mol. The molecule has 5 heteroatoms. The van der Waals surface area contributed by atoms with Gasteiger partial charge in [0.1, 0.15) is 5.65 Å². The highest BCUT2D eigenvalue weighted by atomic mass is 15.0. The Balaban J connectivity index is 1.14. The van der Waals surface area contributed by atoms with Crippen LogP contribution in [0.15, 0.2) is 182 Å². The van der Waals surface area contributed by atoms with Gasteiger partial charge in [0.05, 0.1) is 11.4 Å². The summed E-state index contributed by atoms with van der Waals surface area (Å²) in [5, 5.41) is 0. The van der Waals surface area contributed by atoms with Crippen molar-refractivity contribution in [3.05, 3.63) is 188 Å². The summed E-state index contributed by atoms with van der Waals surface area (Å²) in [6.07, 6.45) is 2.08. The Morgan fingerprint density at radius 3 is 1.52 bits per heavy atom. The third kappa shape index (κ3) is 6.05. The van der Waals surface area contributed by atoms with Gasteiger partial charge < -0.3 is 0 Å². The first-order valence-electron chi connectivity index (χ1n) is 17.4. The molecule has 0 spiro atoms. The van der Waals surface area contributed by atoms with E-state index in [9.17, 15) is 0 Å². The van der Waals surface area contributed by atoms with Crippen LogP contribution in [-0.4, -0.2) is 24.3 Å². The van der Waals surface area contributed by atoms with Crippen LogP contribution in [0.1, 0.15) is 5.56 Å². The molecule has 0 amide bonds. The number of nitrogens with zero attached hydrogens (tertiary/aromatic N) is 5. The Bertz CT molecular complexity index is 2670. The van der Waals surface area contributed by atoms with E-state index in [0.29, 0.717) is 17.5 Å². The number of hydrogen-bond acceptors (Lipinski definition) is 4. The monoisotopic (exact) mass is 667 g/mol. The molecule has 52 heavy (non-hydrogen) atoms. The first-order valence-corrected chi connectivity index (χ1v) is 17.4. The maximum Gasteiger partial charge on any atom is 0.164 e. The molecule has 0 bridgehead atoms. The number of aryl methyl sites for hydroxylation is 1. The number of hydrogen-bond donors (Lipinski definition) is 0. The fraction of sp³-hybridized carbons (Fsp3) is 0.0213. The van der Waals surface area contributed by atoms with Crippen molar-refractivity contribution in [1.29, 1.82) is 0 Å². The van der Waals surface area contributed by atoms with Gasteiger partial charge in [-0.1, -0.05) is 146 Å². The van der Waals surface area contributed by atoms with Crippen molar-refractivity contribution in [2.75, 3.05) is 0 Å². The lowest BCUT2D eigenvalue weighted by molar-refractivity contribution is 1.07. The Morgan fingerprint density at radius 2 is 0.827 bits per heavy atom. The molecule has 9 aromatic rings. The van der Waals surface area contributed by atoms with Crippen LogP contribution in [0.2, 0.25) is 0 Å². The molecular formula is C47H33N5. The third-order valence-electron chi connectivity index (χ3n) is 9.30. The van der Waals surface area contributed by atoms with Gasteiger partial charge in [0.2, 0.25) is 0 Å².